The van der Waals surface area contributed by atoms with Gasteiger partial charge in [0.2, 0.25) is 11.8 Å². The number of hydrogen-bond acceptors (Lipinski definition) is 16. The quantitative estimate of drug-likeness (QED) is 0.0882. The summed E-state index contributed by atoms with van der Waals surface area (Å²) in [5.74, 6) is -1.76. The zero-order valence-corrected chi connectivity index (χ0v) is 44.5. The monoisotopic (exact) mass is 1070 g/mol. The number of amides is 5. The van der Waals surface area contributed by atoms with Gasteiger partial charge in [-0.1, -0.05) is 13.8 Å². The van der Waals surface area contributed by atoms with Crippen LogP contribution in [-0.4, -0.2) is 149 Å². The number of likely N-dealkylation sites (tertiary alicyclic amines) is 1. The van der Waals surface area contributed by atoms with E-state index in [2.05, 4.69) is 59.8 Å². The Balaban J connectivity index is 0.702. The number of phosphoric acid groups is 1. The molecule has 3 saturated heterocycles. The van der Waals surface area contributed by atoms with E-state index in [1.165, 1.54) is 11.3 Å². The number of imide groups is 2. The van der Waals surface area contributed by atoms with Gasteiger partial charge in [-0.15, -0.1) is 0 Å². The lowest BCUT2D eigenvalue weighted by Crippen LogP contribution is -2.58. The summed E-state index contributed by atoms with van der Waals surface area (Å²) in [5.41, 5.74) is 7.87. The first-order chi connectivity index (χ1) is 36.8. The largest absolute Gasteiger partial charge is 0.480 e. The smallest absolute Gasteiger partial charge is 0.471 e. The maximum Gasteiger partial charge on any atom is 0.471 e. The number of rotatable bonds is 13. The number of nitrogens with zero attached hydrogens (tertiary/aromatic N) is 10. The molecule has 77 heavy (non-hydrogen) atoms. The van der Waals surface area contributed by atoms with Crippen LogP contribution in [0.5, 0.6) is 5.88 Å². The van der Waals surface area contributed by atoms with E-state index in [0.717, 1.165) is 81.6 Å². The lowest BCUT2D eigenvalue weighted by Gasteiger charge is -2.46. The molecule has 3 atom stereocenters. The van der Waals surface area contributed by atoms with Crippen molar-refractivity contribution in [2.24, 2.45) is 5.41 Å². The number of aliphatic hydroxyl groups is 1. The van der Waals surface area contributed by atoms with Crippen molar-refractivity contribution in [3.63, 3.8) is 0 Å². The first-order valence-electron chi connectivity index (χ1n) is 26.1. The topological polar surface area (TPSA) is 257 Å². The molecular weight excluding hydrogens is 1010 g/mol. The van der Waals surface area contributed by atoms with Crippen molar-refractivity contribution in [1.29, 1.82) is 0 Å². The van der Waals surface area contributed by atoms with Crippen molar-refractivity contribution in [3.05, 3.63) is 101 Å². The maximum absolute atomic E-state index is 14.0. The van der Waals surface area contributed by atoms with Gasteiger partial charge in [0.15, 0.2) is 0 Å². The van der Waals surface area contributed by atoms with E-state index in [0.29, 0.717) is 69.6 Å². The minimum atomic E-state index is -5.06. The molecule has 22 nitrogen and oxygen atoms in total. The molecule has 4 aromatic heterocycles. The average Bonchev–Trinajstić information content (AvgIpc) is 3.99. The van der Waals surface area contributed by atoms with Gasteiger partial charge in [0, 0.05) is 99.2 Å². The van der Waals surface area contributed by atoms with Crippen molar-refractivity contribution in [1.82, 2.24) is 34.2 Å². The zero-order valence-electron chi connectivity index (χ0n) is 43.6. The molecule has 0 spiro atoms. The Morgan fingerprint density at radius 2 is 1.60 bits per heavy atom. The van der Waals surface area contributed by atoms with Gasteiger partial charge < -0.3 is 39.3 Å². The number of methoxy groups -OCH3 is 1. The second-order valence-electron chi connectivity index (χ2n) is 21.6. The molecule has 1 unspecified atom stereocenters. The molecule has 404 valence electrons. The van der Waals surface area contributed by atoms with E-state index in [1.54, 1.807) is 42.6 Å². The number of carbonyl (C=O) groups is 5. The Morgan fingerprint density at radius 1 is 0.831 bits per heavy atom. The highest BCUT2D eigenvalue weighted by Crippen LogP contribution is 2.43. The molecule has 1 aromatic carbocycles. The van der Waals surface area contributed by atoms with Crippen molar-refractivity contribution in [2.75, 3.05) is 66.4 Å². The average molecular weight is 1070 g/mol. The third-order valence-corrected chi connectivity index (χ3v) is 16.6. The summed E-state index contributed by atoms with van der Waals surface area (Å²) < 4.78 is 23.9. The van der Waals surface area contributed by atoms with E-state index < -0.39 is 43.7 Å². The minimum Gasteiger partial charge on any atom is -0.480 e. The number of anilines is 5. The van der Waals surface area contributed by atoms with Gasteiger partial charge in [0.05, 0.1) is 36.7 Å². The molecule has 23 heteroatoms. The van der Waals surface area contributed by atoms with Gasteiger partial charge in [-0.25, -0.2) is 19.5 Å². The van der Waals surface area contributed by atoms with Gasteiger partial charge in [0.1, 0.15) is 35.3 Å². The van der Waals surface area contributed by atoms with Crippen LogP contribution in [0.3, 0.4) is 0 Å². The normalized spacial score (nSPS) is 21.5. The first kappa shape index (κ1) is 52.0. The van der Waals surface area contributed by atoms with Crippen molar-refractivity contribution in [3.8, 4) is 17.0 Å². The number of piperidine rings is 2. The maximum atomic E-state index is 14.0. The molecule has 0 radical (unpaired) electrons. The SMILES string of the molecule is COc1ncc(-c2ccnc(N3CCn4c(cc5c4CC(C)(C)C5)C3=O)c2CO)cc1Nc1ccc(N2CCN(C3CCN(c4ccc5c(c4)C(=O)N([C@H]4CCC(=O)N(C(C)OP(=O)(O)O)C4=O)C5=O)CC3)C[C@@H]2C)cn1. The van der Waals surface area contributed by atoms with Gasteiger partial charge >= 0.3 is 7.82 Å². The molecule has 5 aliphatic heterocycles. The number of phosphoric ester groups is 1. The van der Waals surface area contributed by atoms with E-state index in [4.69, 9.17) is 9.72 Å². The van der Waals surface area contributed by atoms with Crippen LogP contribution < -0.4 is 24.8 Å². The number of ether oxygens (including phenoxy) is 1. The Hall–Kier alpha value is -7.07. The Bertz CT molecular complexity index is 3260. The minimum absolute atomic E-state index is 0.118. The second-order valence-corrected chi connectivity index (χ2v) is 22.8. The molecule has 5 aromatic rings. The molecule has 11 rings (SSSR count). The number of nitrogens with one attached hydrogen (secondary N) is 1. The van der Waals surface area contributed by atoms with E-state index >= 15 is 0 Å². The molecule has 4 N–H and O–H groups in total. The number of hydrogen-bond donors (Lipinski definition) is 4. The molecule has 6 aliphatic rings. The highest BCUT2D eigenvalue weighted by atomic mass is 31.2. The highest BCUT2D eigenvalue weighted by Gasteiger charge is 2.49. The molecule has 1 aliphatic carbocycles. The Morgan fingerprint density at radius 3 is 2.31 bits per heavy atom. The molecule has 0 bridgehead atoms. The fourth-order valence-electron chi connectivity index (χ4n) is 12.4. The van der Waals surface area contributed by atoms with Crippen molar-refractivity contribution >= 4 is 66.1 Å². The lowest BCUT2D eigenvalue weighted by atomic mass is 9.90. The van der Waals surface area contributed by atoms with Crippen LogP contribution in [-0.2, 0) is 44.7 Å². The van der Waals surface area contributed by atoms with Gasteiger partial charge in [-0.05, 0) is 111 Å². The number of piperazine rings is 1. The molecule has 3 fully saturated rings. The van der Waals surface area contributed by atoms with Gasteiger partial charge in [-0.2, -0.15) is 0 Å². The summed E-state index contributed by atoms with van der Waals surface area (Å²) in [6.45, 7) is 12.6. The summed E-state index contributed by atoms with van der Waals surface area (Å²) in [4.78, 5) is 110. The number of aliphatic hydroxyl groups excluding tert-OH is 1. The Labute approximate surface area is 444 Å². The second kappa shape index (κ2) is 20.1. The predicted octanol–water partition coefficient (Wildman–Crippen LogP) is 5.12. The van der Waals surface area contributed by atoms with Crippen LogP contribution in [0.2, 0.25) is 0 Å². The summed E-state index contributed by atoms with van der Waals surface area (Å²) in [7, 11) is -3.51. The molecular formula is C54H62N11O11P. The van der Waals surface area contributed by atoms with E-state index in [1.807, 2.05) is 36.5 Å². The van der Waals surface area contributed by atoms with Crippen LogP contribution in [0.15, 0.2) is 67.1 Å². The van der Waals surface area contributed by atoms with Crippen LogP contribution in [0, 0.1) is 5.41 Å². The van der Waals surface area contributed by atoms with Crippen LogP contribution in [0.25, 0.3) is 11.1 Å². The van der Waals surface area contributed by atoms with Crippen LogP contribution in [0.4, 0.5) is 28.7 Å². The van der Waals surface area contributed by atoms with Crippen molar-refractivity contribution < 1.29 is 52.7 Å². The summed E-state index contributed by atoms with van der Waals surface area (Å²) >= 11 is 0. The highest BCUT2D eigenvalue weighted by molar-refractivity contribution is 7.46. The zero-order chi connectivity index (χ0) is 54.2. The van der Waals surface area contributed by atoms with Crippen LogP contribution >= 0.6 is 7.82 Å². The number of aromatic nitrogens is 4. The molecule has 5 amide bonds. The van der Waals surface area contributed by atoms with Gasteiger partial charge in [-0.3, -0.25) is 48.1 Å². The predicted molar refractivity (Wildman–Crippen MR) is 283 cm³/mol. The molecule has 0 saturated carbocycles. The van der Waals surface area contributed by atoms with Crippen molar-refractivity contribution in [2.45, 2.75) is 104 Å². The van der Waals surface area contributed by atoms with E-state index in [-0.39, 0.29) is 47.9 Å². The molecule has 9 heterocycles. The summed E-state index contributed by atoms with van der Waals surface area (Å²) in [6, 6.07) is 14.0. The fraction of sp³-hybridized carbons (Fsp3) is 0.444. The van der Waals surface area contributed by atoms with Crippen LogP contribution in [0.1, 0.15) is 101 Å². The third-order valence-electron chi connectivity index (χ3n) is 16.1. The lowest BCUT2D eigenvalue weighted by molar-refractivity contribution is -0.161. The number of benzene rings is 1. The number of fused-ring (bicyclic) bond motifs is 4. The third kappa shape index (κ3) is 9.64. The standard InChI is InChI=1S/C54H62N11O11P/c1-31-29-60(35-13-16-59(17-14-35)36-6-8-39-40(24-36)51(69)65(50(39)68)43-9-11-47(67)64(53(43)71)32(2)76-77(72,73)74)18-19-61(31)37-7-10-46(56-28-37)58-42-22-34(27-57-49(42)75-5)38-12-15-55-48(41(38)30-66)63-21-20-62-44(52(63)70)23-33-25-54(3,4)26-45(33)62/h6-8,10,12,15,22-24,27-28,31-32,35,43,66H,9,11,13-14,16-21,25-26,29-30H2,1-5H3,(H,56,58)(H2,72,73,74)/t31-,32?,43-/m0/s1. The Kier molecular flexibility index (Phi) is 13.5. The summed E-state index contributed by atoms with van der Waals surface area (Å²) in [5, 5.41) is 14.2. The number of pyridine rings is 3. The van der Waals surface area contributed by atoms with E-state index in [9.17, 15) is 43.4 Å². The first-order valence-corrected chi connectivity index (χ1v) is 27.6. The number of carbonyl (C=O) groups excluding carboxylic acids is 5. The summed E-state index contributed by atoms with van der Waals surface area (Å²) in [6.07, 6.45) is 6.89. The van der Waals surface area contributed by atoms with Gasteiger partial charge in [0.25, 0.3) is 23.6 Å². The fourth-order valence-corrected chi connectivity index (χ4v) is 12.9.